The molecule has 0 saturated heterocycles. The van der Waals surface area contributed by atoms with Gasteiger partial charge in [-0.05, 0) is 81.0 Å². The molecule has 0 aliphatic heterocycles. The second kappa shape index (κ2) is 15.0. The summed E-state index contributed by atoms with van der Waals surface area (Å²) in [5, 5.41) is 15.2. The molecule has 0 aliphatic carbocycles. The first-order chi connectivity index (χ1) is 18.5. The van der Waals surface area contributed by atoms with Crippen LogP contribution in [-0.4, -0.2) is 60.1 Å². The van der Waals surface area contributed by atoms with Crippen molar-refractivity contribution in [2.24, 2.45) is 0 Å². The van der Waals surface area contributed by atoms with Gasteiger partial charge in [0.25, 0.3) is 5.91 Å². The van der Waals surface area contributed by atoms with E-state index in [0.29, 0.717) is 29.2 Å². The third-order valence-corrected chi connectivity index (χ3v) is 6.39. The average molecular weight is 555 g/mol. The van der Waals surface area contributed by atoms with Crippen molar-refractivity contribution in [3.05, 3.63) is 59.7 Å². The van der Waals surface area contributed by atoms with E-state index >= 15 is 0 Å². The lowest BCUT2D eigenvalue weighted by molar-refractivity contribution is -0.140. The zero-order chi connectivity index (χ0) is 29.0. The summed E-state index contributed by atoms with van der Waals surface area (Å²) in [5.74, 6) is 0.159. The normalized spacial score (nSPS) is 12.4. The molecule has 2 unspecified atom stereocenters. The fourth-order valence-electron chi connectivity index (χ4n) is 3.81. The summed E-state index contributed by atoms with van der Waals surface area (Å²) in [6.45, 7) is 6.85. The number of amides is 3. The van der Waals surface area contributed by atoms with E-state index in [2.05, 4.69) is 10.6 Å². The van der Waals surface area contributed by atoms with Crippen LogP contribution in [-0.2, 0) is 20.7 Å². The summed E-state index contributed by atoms with van der Waals surface area (Å²) in [6, 6.07) is 14.1. The van der Waals surface area contributed by atoms with E-state index in [-0.39, 0.29) is 6.54 Å². The van der Waals surface area contributed by atoms with Gasteiger partial charge in [0.1, 0.15) is 30.0 Å². The zero-order valence-corrected chi connectivity index (χ0v) is 24.3. The van der Waals surface area contributed by atoms with E-state index in [4.69, 9.17) is 9.47 Å². The van der Waals surface area contributed by atoms with Gasteiger partial charge in [0.15, 0.2) is 0 Å². The summed E-state index contributed by atoms with van der Waals surface area (Å²) in [4.78, 5) is 41.4. The van der Waals surface area contributed by atoms with Gasteiger partial charge in [-0.3, -0.25) is 9.59 Å². The Hall–Kier alpha value is -3.71. The number of methoxy groups -OCH3 is 1. The van der Waals surface area contributed by atoms with Crippen LogP contribution in [0.5, 0.6) is 5.75 Å². The average Bonchev–Trinajstić information content (AvgIpc) is 2.90. The maximum Gasteiger partial charge on any atom is 0.408 e. The number of ether oxygens (including phenoxy) is 2. The van der Waals surface area contributed by atoms with Crippen LogP contribution in [0.4, 0.5) is 10.5 Å². The minimum atomic E-state index is -1.12. The van der Waals surface area contributed by atoms with E-state index in [1.54, 1.807) is 64.3 Å². The Bertz CT molecular complexity index is 1140. The van der Waals surface area contributed by atoms with Crippen LogP contribution >= 0.6 is 11.8 Å². The standard InChI is InChI=1S/C29H38N4O5S/c1-7-20-8-10-21(11-9-20)25(26(34)31-22-12-14-23(37-5)15-13-22)33(18-17-30)27(35)24(16-19-39-6)32-28(36)38-29(2,3)4/h8-15,24-25H,7,16,18-19H2,1-6H3,(H,31,34)(H,32,36). The second-order valence-corrected chi connectivity index (χ2v) is 10.8. The molecule has 0 bridgehead atoms. The fraction of sp³-hybridized carbons (Fsp3) is 0.448. The van der Waals surface area contributed by atoms with E-state index < -0.39 is 35.6 Å². The van der Waals surface area contributed by atoms with Crippen LogP contribution in [0.15, 0.2) is 48.5 Å². The number of anilines is 1. The third kappa shape index (κ3) is 9.84. The van der Waals surface area contributed by atoms with Crippen molar-refractivity contribution in [3.63, 3.8) is 0 Å². The highest BCUT2D eigenvalue weighted by Crippen LogP contribution is 2.26. The van der Waals surface area contributed by atoms with Crippen molar-refractivity contribution in [1.82, 2.24) is 10.2 Å². The molecule has 0 spiro atoms. The van der Waals surface area contributed by atoms with Gasteiger partial charge in [-0.2, -0.15) is 17.0 Å². The molecule has 0 aromatic heterocycles. The number of thioether (sulfide) groups is 1. The largest absolute Gasteiger partial charge is 0.497 e. The molecule has 0 radical (unpaired) electrons. The van der Waals surface area contributed by atoms with Gasteiger partial charge >= 0.3 is 6.09 Å². The predicted molar refractivity (Wildman–Crippen MR) is 154 cm³/mol. The van der Waals surface area contributed by atoms with Gasteiger partial charge in [-0.25, -0.2) is 4.79 Å². The molecular weight excluding hydrogens is 516 g/mol. The van der Waals surface area contributed by atoms with Crippen molar-refractivity contribution in [2.45, 2.75) is 58.2 Å². The van der Waals surface area contributed by atoms with Crippen LogP contribution in [0, 0.1) is 11.3 Å². The molecular formula is C29H38N4O5S. The van der Waals surface area contributed by atoms with Crippen LogP contribution in [0.3, 0.4) is 0 Å². The molecule has 3 amide bonds. The summed E-state index contributed by atoms with van der Waals surface area (Å²) in [7, 11) is 1.55. The first-order valence-electron chi connectivity index (χ1n) is 12.7. The Balaban J connectivity index is 2.48. The monoisotopic (exact) mass is 554 g/mol. The molecule has 39 heavy (non-hydrogen) atoms. The maximum absolute atomic E-state index is 13.9. The quantitative estimate of drug-likeness (QED) is 0.357. The maximum atomic E-state index is 13.9. The second-order valence-electron chi connectivity index (χ2n) is 9.82. The molecule has 2 atom stereocenters. The minimum Gasteiger partial charge on any atom is -0.497 e. The van der Waals surface area contributed by atoms with Gasteiger partial charge in [0.05, 0.1) is 13.2 Å². The molecule has 210 valence electrons. The smallest absolute Gasteiger partial charge is 0.408 e. The number of rotatable bonds is 12. The highest BCUT2D eigenvalue weighted by molar-refractivity contribution is 7.98. The van der Waals surface area contributed by atoms with Crippen LogP contribution in [0.1, 0.15) is 51.3 Å². The Labute approximate surface area is 235 Å². The minimum absolute atomic E-state index is 0.294. The molecule has 2 aromatic rings. The molecule has 0 saturated carbocycles. The number of hydrogen-bond acceptors (Lipinski definition) is 7. The van der Waals surface area contributed by atoms with Crippen LogP contribution in [0.2, 0.25) is 0 Å². The molecule has 2 rings (SSSR count). The van der Waals surface area contributed by atoms with Crippen molar-refractivity contribution >= 4 is 35.4 Å². The summed E-state index contributed by atoms with van der Waals surface area (Å²) < 4.78 is 10.6. The number of nitrogens with zero attached hydrogens (tertiary/aromatic N) is 2. The zero-order valence-electron chi connectivity index (χ0n) is 23.4. The van der Waals surface area contributed by atoms with Gasteiger partial charge in [0.2, 0.25) is 5.91 Å². The highest BCUT2D eigenvalue weighted by atomic mass is 32.2. The van der Waals surface area contributed by atoms with Gasteiger partial charge in [-0.15, -0.1) is 0 Å². The van der Waals surface area contributed by atoms with Crippen molar-refractivity contribution in [1.29, 1.82) is 5.26 Å². The topological polar surface area (TPSA) is 121 Å². The van der Waals surface area contributed by atoms with E-state index in [1.165, 1.54) is 16.7 Å². The summed E-state index contributed by atoms with van der Waals surface area (Å²) in [5.41, 5.74) is 1.36. The fourth-order valence-corrected chi connectivity index (χ4v) is 4.28. The number of aryl methyl sites for hydroxylation is 1. The lowest BCUT2D eigenvalue weighted by atomic mass is 10.00. The van der Waals surface area contributed by atoms with Gasteiger partial charge in [0, 0.05) is 5.69 Å². The summed E-state index contributed by atoms with van der Waals surface area (Å²) >= 11 is 1.52. The lowest BCUT2D eigenvalue weighted by Crippen LogP contribution is -2.52. The number of carbonyl (C=O) groups excluding carboxylic acids is 3. The molecule has 0 aliphatic rings. The highest BCUT2D eigenvalue weighted by Gasteiger charge is 2.36. The van der Waals surface area contributed by atoms with Crippen molar-refractivity contribution in [3.8, 4) is 11.8 Å². The van der Waals surface area contributed by atoms with E-state index in [9.17, 15) is 19.6 Å². The van der Waals surface area contributed by atoms with E-state index in [0.717, 1.165) is 12.0 Å². The number of benzene rings is 2. The van der Waals surface area contributed by atoms with Crippen molar-refractivity contribution < 1.29 is 23.9 Å². The Morgan fingerprint density at radius 1 is 1.08 bits per heavy atom. The molecule has 0 fully saturated rings. The van der Waals surface area contributed by atoms with Crippen LogP contribution in [0.25, 0.3) is 0 Å². The first-order valence-corrected chi connectivity index (χ1v) is 14.1. The molecule has 2 aromatic carbocycles. The van der Waals surface area contributed by atoms with Gasteiger partial charge in [-0.1, -0.05) is 31.2 Å². The lowest BCUT2D eigenvalue weighted by Gasteiger charge is -2.33. The Kier molecular flexibility index (Phi) is 12.1. The number of nitriles is 1. The van der Waals surface area contributed by atoms with E-state index in [1.807, 2.05) is 31.4 Å². The third-order valence-electron chi connectivity index (χ3n) is 5.75. The van der Waals surface area contributed by atoms with Crippen molar-refractivity contribution in [2.75, 3.05) is 31.0 Å². The molecule has 9 nitrogen and oxygen atoms in total. The molecule has 10 heteroatoms. The molecule has 0 heterocycles. The predicted octanol–water partition coefficient (Wildman–Crippen LogP) is 4.94. The number of carbonyl (C=O) groups is 3. The van der Waals surface area contributed by atoms with Crippen LogP contribution < -0.4 is 15.4 Å². The number of hydrogen-bond donors (Lipinski definition) is 2. The van der Waals surface area contributed by atoms with Gasteiger partial charge < -0.3 is 25.0 Å². The SMILES string of the molecule is CCc1ccc(C(C(=O)Nc2ccc(OC)cc2)N(CC#N)C(=O)C(CCSC)NC(=O)OC(C)(C)C)cc1. The summed E-state index contributed by atoms with van der Waals surface area (Å²) in [6.07, 6.45) is 2.25. The Morgan fingerprint density at radius 2 is 1.72 bits per heavy atom. The first kappa shape index (κ1) is 31.5. The number of nitrogens with one attached hydrogen (secondary N) is 2. The number of alkyl carbamates (subject to hydrolysis) is 1. The Morgan fingerprint density at radius 3 is 2.23 bits per heavy atom. The molecule has 2 N–H and O–H groups in total.